The molecule has 1 aliphatic heterocycles. The zero-order valence-electron chi connectivity index (χ0n) is 14.1. The van der Waals surface area contributed by atoms with Gasteiger partial charge >= 0.3 is 5.69 Å². The number of aliphatic hydroxyl groups is 2. The van der Waals surface area contributed by atoms with Crippen LogP contribution in [0.25, 0.3) is 0 Å². The maximum Gasteiger partial charge on any atom is 0.328 e. The van der Waals surface area contributed by atoms with Gasteiger partial charge in [-0.2, -0.15) is 0 Å². The Hall–Kier alpha value is -2.01. The second-order valence-corrected chi connectivity index (χ2v) is 5.99. The minimum absolute atomic E-state index is 0.0152. The molecular formula is C15H23N3O7. The number of aromatic amines is 1. The van der Waals surface area contributed by atoms with Crippen LogP contribution in [0.4, 0.5) is 0 Å². The Morgan fingerprint density at radius 1 is 1.44 bits per heavy atom. The number of methoxy groups -OCH3 is 1. The van der Waals surface area contributed by atoms with Gasteiger partial charge in [-0.25, -0.2) is 4.79 Å². The van der Waals surface area contributed by atoms with Gasteiger partial charge in [0.1, 0.15) is 18.3 Å². The summed E-state index contributed by atoms with van der Waals surface area (Å²) in [5.41, 5.74) is -0.769. The van der Waals surface area contributed by atoms with E-state index in [0.29, 0.717) is 5.56 Å². The molecule has 1 saturated heterocycles. The predicted octanol–water partition coefficient (Wildman–Crippen LogP) is -2.51. The van der Waals surface area contributed by atoms with Crippen LogP contribution in [0.5, 0.6) is 0 Å². The summed E-state index contributed by atoms with van der Waals surface area (Å²) in [7, 11) is 1.47. The summed E-state index contributed by atoms with van der Waals surface area (Å²) in [5.74, 6) is -0.326. The van der Waals surface area contributed by atoms with Crippen LogP contribution in [-0.2, 0) is 20.8 Å². The van der Waals surface area contributed by atoms with Crippen molar-refractivity contribution < 1.29 is 24.5 Å². The number of nitrogens with one attached hydrogen (secondary N) is 2. The number of ether oxygens (including phenoxy) is 2. The van der Waals surface area contributed by atoms with Crippen molar-refractivity contribution in [2.24, 2.45) is 0 Å². The van der Waals surface area contributed by atoms with Crippen LogP contribution >= 0.6 is 0 Å². The average Bonchev–Trinajstić information content (AvgIpc) is 2.57. The van der Waals surface area contributed by atoms with Crippen molar-refractivity contribution >= 4 is 5.91 Å². The molecule has 0 radical (unpaired) electrons. The molecule has 140 valence electrons. The fourth-order valence-electron chi connectivity index (χ4n) is 2.59. The quantitative estimate of drug-likeness (QED) is 0.440. The third-order valence-corrected chi connectivity index (χ3v) is 4.08. The summed E-state index contributed by atoms with van der Waals surface area (Å²) in [6, 6.07) is -0.760. The lowest BCUT2D eigenvalue weighted by molar-refractivity contribution is -0.159. The minimum atomic E-state index is -1.30. The molecule has 0 bridgehead atoms. The van der Waals surface area contributed by atoms with Crippen molar-refractivity contribution in [2.75, 3.05) is 20.3 Å². The summed E-state index contributed by atoms with van der Waals surface area (Å²) in [5, 5.41) is 23.0. The normalized spacial score (nSPS) is 26.4. The van der Waals surface area contributed by atoms with Gasteiger partial charge in [-0.05, 0) is 6.92 Å². The molecule has 1 amide bonds. The first kappa shape index (κ1) is 19.3. The number of hydrogen-bond acceptors (Lipinski definition) is 7. The summed E-state index contributed by atoms with van der Waals surface area (Å²) in [6.45, 7) is 1.74. The first-order valence-corrected chi connectivity index (χ1v) is 7.90. The monoisotopic (exact) mass is 357 g/mol. The lowest BCUT2D eigenvalue weighted by atomic mass is 9.97. The van der Waals surface area contributed by atoms with Gasteiger partial charge in [-0.15, -0.1) is 0 Å². The number of aliphatic hydroxyl groups excluding tert-OH is 2. The van der Waals surface area contributed by atoms with Crippen LogP contribution in [0.2, 0.25) is 0 Å². The summed E-state index contributed by atoms with van der Waals surface area (Å²) in [6.07, 6.45) is -1.91. The number of hydrogen-bond donors (Lipinski definition) is 4. The van der Waals surface area contributed by atoms with Gasteiger partial charge in [0.2, 0.25) is 5.91 Å². The summed E-state index contributed by atoms with van der Waals surface area (Å²) >= 11 is 0. The van der Waals surface area contributed by atoms with E-state index in [0.717, 1.165) is 0 Å². The standard InChI is InChI=1S/C15H23N3O7/c1-8-5-18(15(23)17-14(8)22)6-10-13(21)12(20)9(7-25-10)16-11(19)3-4-24-2/h5,9-10,12-13,20-21H,3-4,6-7H2,1-2H3,(H,16,19)(H,17,22,23)/t9-,10-,12+,13-/m1/s1. The van der Waals surface area contributed by atoms with E-state index in [9.17, 15) is 24.6 Å². The van der Waals surface area contributed by atoms with Crippen molar-refractivity contribution in [1.29, 1.82) is 0 Å². The Morgan fingerprint density at radius 3 is 2.84 bits per heavy atom. The highest BCUT2D eigenvalue weighted by Crippen LogP contribution is 2.17. The smallest absolute Gasteiger partial charge is 0.328 e. The minimum Gasteiger partial charge on any atom is -0.388 e. The van der Waals surface area contributed by atoms with E-state index in [1.807, 2.05) is 0 Å². The Balaban J connectivity index is 2.00. The molecule has 10 nitrogen and oxygen atoms in total. The predicted molar refractivity (Wildman–Crippen MR) is 86.2 cm³/mol. The average molecular weight is 357 g/mol. The number of nitrogens with zero attached hydrogens (tertiary/aromatic N) is 1. The van der Waals surface area contributed by atoms with Crippen molar-refractivity contribution in [1.82, 2.24) is 14.9 Å². The lowest BCUT2D eigenvalue weighted by Crippen LogP contribution is -2.60. The molecule has 0 aromatic carbocycles. The molecule has 4 N–H and O–H groups in total. The number of aromatic nitrogens is 2. The molecule has 0 unspecified atom stereocenters. The number of carbonyl (C=O) groups excluding carboxylic acids is 1. The van der Waals surface area contributed by atoms with Crippen LogP contribution in [-0.4, -0.2) is 70.3 Å². The molecule has 0 saturated carbocycles. The number of amides is 1. The van der Waals surface area contributed by atoms with E-state index in [2.05, 4.69) is 10.3 Å². The highest BCUT2D eigenvalue weighted by Gasteiger charge is 2.39. The SMILES string of the molecule is COCCC(=O)N[C@@H]1CO[C@H](Cn2cc(C)c(=O)[nH]c2=O)[C@@H](O)[C@H]1O. The van der Waals surface area contributed by atoms with E-state index in [1.165, 1.54) is 17.9 Å². The van der Waals surface area contributed by atoms with Gasteiger partial charge in [0.05, 0.1) is 25.8 Å². The largest absolute Gasteiger partial charge is 0.388 e. The molecule has 1 aromatic heterocycles. The van der Waals surface area contributed by atoms with E-state index >= 15 is 0 Å². The molecule has 1 aromatic rings. The molecule has 0 aliphatic carbocycles. The fourth-order valence-corrected chi connectivity index (χ4v) is 2.59. The van der Waals surface area contributed by atoms with Gasteiger partial charge in [0, 0.05) is 25.3 Å². The van der Waals surface area contributed by atoms with E-state index < -0.39 is 35.6 Å². The first-order valence-electron chi connectivity index (χ1n) is 7.90. The fraction of sp³-hybridized carbons (Fsp3) is 0.667. The Bertz CT molecular complexity index is 714. The number of rotatable bonds is 6. The Kier molecular flexibility index (Phi) is 6.48. The number of H-pyrrole nitrogens is 1. The molecule has 0 spiro atoms. The van der Waals surface area contributed by atoms with Gasteiger partial charge in [-0.3, -0.25) is 19.1 Å². The van der Waals surface area contributed by atoms with Crippen LogP contribution in [0.1, 0.15) is 12.0 Å². The van der Waals surface area contributed by atoms with Crippen LogP contribution in [0.15, 0.2) is 15.8 Å². The van der Waals surface area contributed by atoms with Crippen molar-refractivity contribution in [3.8, 4) is 0 Å². The Morgan fingerprint density at radius 2 is 2.16 bits per heavy atom. The van der Waals surface area contributed by atoms with Crippen molar-refractivity contribution in [3.05, 3.63) is 32.6 Å². The third kappa shape index (κ3) is 4.75. The topological polar surface area (TPSA) is 143 Å². The first-order chi connectivity index (χ1) is 11.8. The van der Waals surface area contributed by atoms with E-state index in [4.69, 9.17) is 9.47 Å². The summed E-state index contributed by atoms with van der Waals surface area (Å²) < 4.78 is 11.5. The number of aryl methyl sites for hydroxylation is 1. The third-order valence-electron chi connectivity index (χ3n) is 4.08. The maximum absolute atomic E-state index is 11.8. The number of carbonyl (C=O) groups is 1. The molecular weight excluding hydrogens is 334 g/mol. The molecule has 4 atom stereocenters. The van der Waals surface area contributed by atoms with Crippen LogP contribution in [0, 0.1) is 6.92 Å². The molecule has 10 heteroatoms. The molecule has 1 fully saturated rings. The van der Waals surface area contributed by atoms with Gasteiger partial charge in [0.15, 0.2) is 0 Å². The van der Waals surface area contributed by atoms with Crippen molar-refractivity contribution in [2.45, 2.75) is 44.2 Å². The van der Waals surface area contributed by atoms with Crippen LogP contribution in [0.3, 0.4) is 0 Å². The van der Waals surface area contributed by atoms with Gasteiger partial charge in [0.25, 0.3) is 5.56 Å². The van der Waals surface area contributed by atoms with Gasteiger partial charge in [-0.1, -0.05) is 0 Å². The Labute approximate surface area is 143 Å². The molecule has 2 heterocycles. The summed E-state index contributed by atoms with van der Waals surface area (Å²) in [4.78, 5) is 37.0. The molecule has 25 heavy (non-hydrogen) atoms. The highest BCUT2D eigenvalue weighted by atomic mass is 16.5. The second kappa shape index (κ2) is 8.39. The molecule has 2 rings (SSSR count). The molecule has 1 aliphatic rings. The van der Waals surface area contributed by atoms with Gasteiger partial charge < -0.3 is 25.0 Å². The highest BCUT2D eigenvalue weighted by molar-refractivity contribution is 5.76. The zero-order valence-corrected chi connectivity index (χ0v) is 14.1. The lowest BCUT2D eigenvalue weighted by Gasteiger charge is -2.38. The van der Waals surface area contributed by atoms with E-state index in [-0.39, 0.29) is 32.1 Å². The second-order valence-electron chi connectivity index (χ2n) is 5.99. The van der Waals surface area contributed by atoms with E-state index in [1.54, 1.807) is 6.92 Å². The van der Waals surface area contributed by atoms with Crippen LogP contribution < -0.4 is 16.6 Å². The maximum atomic E-state index is 11.8. The zero-order chi connectivity index (χ0) is 18.6. The van der Waals surface area contributed by atoms with Crippen molar-refractivity contribution in [3.63, 3.8) is 0 Å².